The molecule has 1 aliphatic rings. The van der Waals surface area contributed by atoms with Crippen LogP contribution < -0.4 is 9.47 Å². The van der Waals surface area contributed by atoms with Crippen molar-refractivity contribution in [2.45, 2.75) is 12.5 Å². The molecular weight excluding hydrogens is 472 g/mol. The van der Waals surface area contributed by atoms with Crippen LogP contribution in [0.3, 0.4) is 0 Å². The molecule has 4 rings (SSSR count). The van der Waals surface area contributed by atoms with E-state index in [1.807, 2.05) is 30.3 Å². The molecule has 0 unspecified atom stereocenters. The molecule has 3 aromatic rings. The Morgan fingerprint density at radius 3 is 2.47 bits per heavy atom. The monoisotopic (exact) mass is 488 g/mol. The number of halogens is 2. The van der Waals surface area contributed by atoms with Gasteiger partial charge in [0.25, 0.3) is 0 Å². The summed E-state index contributed by atoms with van der Waals surface area (Å²) in [6, 6.07) is 16.0. The third-order valence-electron chi connectivity index (χ3n) is 4.87. The molecule has 0 aliphatic carbocycles. The fourth-order valence-corrected chi connectivity index (χ4v) is 3.81. The van der Waals surface area contributed by atoms with Crippen molar-refractivity contribution in [1.82, 2.24) is 5.01 Å². The van der Waals surface area contributed by atoms with Crippen molar-refractivity contribution in [2.75, 3.05) is 14.2 Å². The molecule has 1 atom stereocenters. The summed E-state index contributed by atoms with van der Waals surface area (Å²) in [6.07, 6.45) is 0.532. The number of methoxy groups -OCH3 is 2. The summed E-state index contributed by atoms with van der Waals surface area (Å²) in [5.74, 6) is 1.11. The number of amides is 1. The lowest BCUT2D eigenvalue weighted by molar-refractivity contribution is 0.0677. The van der Waals surface area contributed by atoms with Crippen LogP contribution in [0.4, 0.5) is 0 Å². The number of benzene rings is 2. The highest BCUT2D eigenvalue weighted by molar-refractivity contribution is 9.10. The first-order chi connectivity index (χ1) is 14.5. The molecule has 1 aromatic heterocycles. The molecule has 1 aliphatic heterocycles. The van der Waals surface area contributed by atoms with Crippen LogP contribution in [0.2, 0.25) is 5.02 Å². The fourth-order valence-electron chi connectivity index (χ4n) is 3.37. The van der Waals surface area contributed by atoms with Crippen LogP contribution in [0, 0.1) is 0 Å². The third-order valence-corrected chi connectivity index (χ3v) is 5.55. The molecular formula is C22H18BrClN2O4. The summed E-state index contributed by atoms with van der Waals surface area (Å²) in [7, 11) is 3.17. The van der Waals surface area contributed by atoms with Gasteiger partial charge in [-0.25, -0.2) is 5.01 Å². The van der Waals surface area contributed by atoms with Gasteiger partial charge in [-0.05, 0) is 64.0 Å². The highest BCUT2D eigenvalue weighted by Crippen LogP contribution is 2.36. The first kappa shape index (κ1) is 20.5. The number of carbonyl (C=O) groups excluding carboxylic acids is 1. The smallest absolute Gasteiger partial charge is 0.310 e. The molecule has 0 saturated heterocycles. The van der Waals surface area contributed by atoms with E-state index in [0.717, 1.165) is 16.8 Å². The van der Waals surface area contributed by atoms with E-state index in [1.54, 1.807) is 38.5 Å². The molecule has 0 spiro atoms. The fraction of sp³-hybridized carbons (Fsp3) is 0.182. The second-order valence-corrected chi connectivity index (χ2v) is 7.86. The van der Waals surface area contributed by atoms with E-state index in [0.29, 0.717) is 27.6 Å². The van der Waals surface area contributed by atoms with Crippen LogP contribution in [0.1, 0.15) is 34.1 Å². The van der Waals surface area contributed by atoms with Crippen LogP contribution in [-0.2, 0) is 0 Å². The zero-order valence-corrected chi connectivity index (χ0v) is 18.6. The lowest BCUT2D eigenvalue weighted by atomic mass is 9.98. The Kier molecular flexibility index (Phi) is 5.83. The number of nitrogens with zero attached hydrogens (tertiary/aromatic N) is 2. The molecule has 154 valence electrons. The van der Waals surface area contributed by atoms with Gasteiger partial charge < -0.3 is 13.9 Å². The Morgan fingerprint density at radius 2 is 1.83 bits per heavy atom. The summed E-state index contributed by atoms with van der Waals surface area (Å²) in [4.78, 5) is 13.1. The van der Waals surface area contributed by atoms with Gasteiger partial charge in [0.05, 0.1) is 26.0 Å². The van der Waals surface area contributed by atoms with Gasteiger partial charge in [0.15, 0.2) is 21.9 Å². The molecule has 30 heavy (non-hydrogen) atoms. The predicted octanol–water partition coefficient (Wildman–Crippen LogP) is 5.70. The number of rotatable bonds is 5. The summed E-state index contributed by atoms with van der Waals surface area (Å²) in [5.41, 5.74) is 2.54. The van der Waals surface area contributed by atoms with E-state index in [2.05, 4.69) is 21.0 Å². The Morgan fingerprint density at radius 1 is 1.10 bits per heavy atom. The van der Waals surface area contributed by atoms with Crippen molar-refractivity contribution in [3.8, 4) is 11.5 Å². The Bertz CT molecular complexity index is 1110. The van der Waals surface area contributed by atoms with Crippen molar-refractivity contribution in [2.24, 2.45) is 5.10 Å². The minimum absolute atomic E-state index is 0.207. The number of ether oxygens (including phenoxy) is 2. The highest BCUT2D eigenvalue weighted by atomic mass is 79.9. The van der Waals surface area contributed by atoms with Crippen molar-refractivity contribution in [3.63, 3.8) is 0 Å². The van der Waals surface area contributed by atoms with E-state index in [4.69, 9.17) is 25.5 Å². The van der Waals surface area contributed by atoms with E-state index in [-0.39, 0.29) is 17.7 Å². The lowest BCUT2D eigenvalue weighted by Gasteiger charge is -2.21. The molecule has 0 radical (unpaired) electrons. The zero-order chi connectivity index (χ0) is 21.3. The van der Waals surface area contributed by atoms with Crippen molar-refractivity contribution < 1.29 is 18.7 Å². The summed E-state index contributed by atoms with van der Waals surface area (Å²) < 4.78 is 16.7. The Hall–Kier alpha value is -2.77. The first-order valence-corrected chi connectivity index (χ1v) is 10.3. The first-order valence-electron chi connectivity index (χ1n) is 9.14. The second kappa shape index (κ2) is 8.53. The van der Waals surface area contributed by atoms with Crippen LogP contribution in [0.5, 0.6) is 11.5 Å². The predicted molar refractivity (Wildman–Crippen MR) is 117 cm³/mol. The molecule has 1 amide bonds. The minimum atomic E-state index is -0.323. The average molecular weight is 490 g/mol. The third kappa shape index (κ3) is 3.95. The standard InChI is InChI=1S/C22H18BrClN2O4/c1-28-18-8-5-14(11-20(18)29-2)16-12-17(13-3-6-15(24)7-4-13)26(25-16)22(27)19-9-10-21(23)30-19/h3-11,17H,12H2,1-2H3/t17-/m0/s1. The lowest BCUT2D eigenvalue weighted by Crippen LogP contribution is -2.26. The van der Waals surface area contributed by atoms with Crippen molar-refractivity contribution in [3.05, 3.63) is 81.2 Å². The number of furan rings is 1. The van der Waals surface area contributed by atoms with Gasteiger partial charge >= 0.3 is 5.91 Å². The number of hydrogen-bond donors (Lipinski definition) is 0. The molecule has 2 heterocycles. The van der Waals surface area contributed by atoms with Crippen LogP contribution in [0.15, 0.2) is 68.8 Å². The summed E-state index contributed by atoms with van der Waals surface area (Å²) in [6.45, 7) is 0. The molecule has 0 N–H and O–H groups in total. The number of hydrazone groups is 1. The molecule has 6 nitrogen and oxygen atoms in total. The Balaban J connectivity index is 1.73. The Labute approximate surface area is 187 Å². The quantitative estimate of drug-likeness (QED) is 0.461. The zero-order valence-electron chi connectivity index (χ0n) is 16.3. The van der Waals surface area contributed by atoms with Crippen LogP contribution in [-0.4, -0.2) is 30.8 Å². The molecule has 0 saturated carbocycles. The largest absolute Gasteiger partial charge is 0.493 e. The molecule has 0 bridgehead atoms. The maximum absolute atomic E-state index is 13.1. The van der Waals surface area contributed by atoms with Crippen molar-refractivity contribution >= 4 is 39.1 Å². The number of hydrogen-bond acceptors (Lipinski definition) is 5. The van der Waals surface area contributed by atoms with Gasteiger partial charge in [0.1, 0.15) is 0 Å². The van der Waals surface area contributed by atoms with Gasteiger partial charge in [0.2, 0.25) is 0 Å². The molecule has 2 aromatic carbocycles. The molecule has 0 fully saturated rings. The van der Waals surface area contributed by atoms with E-state index < -0.39 is 0 Å². The van der Waals surface area contributed by atoms with Gasteiger partial charge in [0, 0.05) is 17.0 Å². The minimum Gasteiger partial charge on any atom is -0.493 e. The SMILES string of the molecule is COc1ccc(C2=NN(C(=O)c3ccc(Br)o3)[C@H](c3ccc(Cl)cc3)C2)cc1OC. The van der Waals surface area contributed by atoms with E-state index >= 15 is 0 Å². The van der Waals surface area contributed by atoms with E-state index in [1.165, 1.54) is 5.01 Å². The van der Waals surface area contributed by atoms with Gasteiger partial charge in [-0.2, -0.15) is 5.10 Å². The van der Waals surface area contributed by atoms with Gasteiger partial charge in [-0.1, -0.05) is 23.7 Å². The molecule has 8 heteroatoms. The van der Waals surface area contributed by atoms with Crippen molar-refractivity contribution in [1.29, 1.82) is 0 Å². The maximum Gasteiger partial charge on any atom is 0.310 e. The topological polar surface area (TPSA) is 64.3 Å². The van der Waals surface area contributed by atoms with E-state index in [9.17, 15) is 4.79 Å². The second-order valence-electron chi connectivity index (χ2n) is 6.64. The van der Waals surface area contributed by atoms with Gasteiger partial charge in [-0.3, -0.25) is 4.79 Å². The number of carbonyl (C=O) groups is 1. The normalized spacial score (nSPS) is 15.8. The summed E-state index contributed by atoms with van der Waals surface area (Å²) >= 11 is 9.29. The van der Waals surface area contributed by atoms with Crippen LogP contribution >= 0.6 is 27.5 Å². The average Bonchev–Trinajstić information content (AvgIpc) is 3.40. The van der Waals surface area contributed by atoms with Crippen LogP contribution in [0.25, 0.3) is 0 Å². The maximum atomic E-state index is 13.1. The summed E-state index contributed by atoms with van der Waals surface area (Å²) in [5, 5.41) is 6.74. The van der Waals surface area contributed by atoms with Gasteiger partial charge in [-0.15, -0.1) is 0 Å². The highest BCUT2D eigenvalue weighted by Gasteiger charge is 2.35.